The van der Waals surface area contributed by atoms with Gasteiger partial charge in [-0.15, -0.1) is 0 Å². The molecular weight excluding hydrogens is 145 g/mol. The van der Waals surface area contributed by atoms with Gasteiger partial charge in [0.2, 0.25) is 6.08 Å². The topological polar surface area (TPSA) is 29.4 Å². The Morgan fingerprint density at radius 1 is 1.55 bits per heavy atom. The molecule has 3 heteroatoms. The van der Waals surface area contributed by atoms with Crippen LogP contribution in [-0.2, 0) is 4.79 Å². The van der Waals surface area contributed by atoms with Crippen LogP contribution in [0.2, 0.25) is 0 Å². The van der Waals surface area contributed by atoms with Crippen molar-refractivity contribution in [3.05, 3.63) is 29.6 Å². The Bertz CT molecular complexity index is 316. The van der Waals surface area contributed by atoms with Gasteiger partial charge in [0.15, 0.2) is 0 Å². The molecule has 0 unspecified atom stereocenters. The normalized spacial score (nSPS) is 8.91. The quantitative estimate of drug-likeness (QED) is 0.446. The van der Waals surface area contributed by atoms with E-state index in [9.17, 15) is 9.18 Å². The molecule has 0 heterocycles. The van der Waals surface area contributed by atoms with E-state index < -0.39 is 0 Å². The van der Waals surface area contributed by atoms with E-state index in [1.165, 1.54) is 24.3 Å². The molecule has 1 aromatic carbocycles. The van der Waals surface area contributed by atoms with Gasteiger partial charge in [0.25, 0.3) is 0 Å². The lowest BCUT2D eigenvalue weighted by Crippen LogP contribution is -1.77. The van der Waals surface area contributed by atoms with Crippen LogP contribution in [-0.4, -0.2) is 6.08 Å². The van der Waals surface area contributed by atoms with Crippen LogP contribution in [0.3, 0.4) is 0 Å². The van der Waals surface area contributed by atoms with Crippen LogP contribution in [0, 0.1) is 12.7 Å². The zero-order valence-corrected chi connectivity index (χ0v) is 5.97. The largest absolute Gasteiger partial charge is 0.240 e. The highest BCUT2D eigenvalue weighted by atomic mass is 19.1. The number of hydrogen-bond donors (Lipinski definition) is 0. The third kappa shape index (κ3) is 1.72. The lowest BCUT2D eigenvalue weighted by atomic mass is 10.2. The Labute approximate surface area is 63.4 Å². The maximum Gasteiger partial charge on any atom is 0.240 e. The Morgan fingerprint density at radius 2 is 2.27 bits per heavy atom. The Morgan fingerprint density at radius 3 is 2.82 bits per heavy atom. The standard InChI is InChI=1S/C8H6FNO/c1-6-4-7(9)2-3-8(6)10-5-11/h2-4H,1H3. The monoisotopic (exact) mass is 151 g/mol. The van der Waals surface area contributed by atoms with Crippen molar-refractivity contribution < 1.29 is 9.18 Å². The molecule has 0 amide bonds. The molecule has 0 aliphatic heterocycles. The molecule has 1 rings (SSSR count). The number of carbonyl (C=O) groups excluding carboxylic acids is 1. The number of benzene rings is 1. The van der Waals surface area contributed by atoms with E-state index in [0.29, 0.717) is 11.3 Å². The van der Waals surface area contributed by atoms with Crippen LogP contribution in [0.1, 0.15) is 5.56 Å². The number of hydrogen-bond acceptors (Lipinski definition) is 2. The molecule has 11 heavy (non-hydrogen) atoms. The lowest BCUT2D eigenvalue weighted by Gasteiger charge is -1.95. The van der Waals surface area contributed by atoms with Crippen molar-refractivity contribution in [2.45, 2.75) is 6.92 Å². The molecule has 0 spiro atoms. The Hall–Kier alpha value is -1.47. The van der Waals surface area contributed by atoms with Crippen molar-refractivity contribution in [2.24, 2.45) is 4.99 Å². The van der Waals surface area contributed by atoms with Gasteiger partial charge in [-0.2, -0.15) is 4.99 Å². The second-order valence-corrected chi connectivity index (χ2v) is 2.13. The molecule has 1 aromatic rings. The van der Waals surface area contributed by atoms with Gasteiger partial charge < -0.3 is 0 Å². The summed E-state index contributed by atoms with van der Waals surface area (Å²) in [5.74, 6) is -0.327. The molecule has 0 saturated heterocycles. The first kappa shape index (κ1) is 7.63. The van der Waals surface area contributed by atoms with E-state index in [0.717, 1.165) is 0 Å². The summed E-state index contributed by atoms with van der Waals surface area (Å²) in [6, 6.07) is 4.01. The van der Waals surface area contributed by atoms with Gasteiger partial charge in [-0.25, -0.2) is 9.18 Å². The number of isocyanates is 1. The summed E-state index contributed by atoms with van der Waals surface area (Å²) < 4.78 is 12.4. The Balaban J connectivity index is 3.19. The highest BCUT2D eigenvalue weighted by Crippen LogP contribution is 2.17. The van der Waals surface area contributed by atoms with Crippen LogP contribution in [0.5, 0.6) is 0 Å². The van der Waals surface area contributed by atoms with E-state index in [1.807, 2.05) is 0 Å². The SMILES string of the molecule is Cc1cc(F)ccc1N=C=O. The molecule has 0 bridgehead atoms. The van der Waals surface area contributed by atoms with E-state index in [-0.39, 0.29) is 5.82 Å². The first-order valence-electron chi connectivity index (χ1n) is 3.08. The van der Waals surface area contributed by atoms with Gasteiger partial charge >= 0.3 is 0 Å². The van der Waals surface area contributed by atoms with Gasteiger partial charge in [0, 0.05) is 0 Å². The molecule has 0 radical (unpaired) electrons. The fraction of sp³-hybridized carbons (Fsp3) is 0.125. The maximum atomic E-state index is 12.4. The van der Waals surface area contributed by atoms with Crippen LogP contribution in [0.4, 0.5) is 10.1 Å². The fourth-order valence-electron chi connectivity index (χ4n) is 0.793. The van der Waals surface area contributed by atoms with Gasteiger partial charge in [-0.05, 0) is 30.7 Å². The minimum atomic E-state index is -0.327. The van der Waals surface area contributed by atoms with E-state index in [1.54, 1.807) is 6.92 Å². The molecule has 0 aliphatic rings. The number of aliphatic imine (C=N–C) groups is 1. The zero-order chi connectivity index (χ0) is 8.27. The molecule has 0 N–H and O–H groups in total. The second kappa shape index (κ2) is 3.08. The summed E-state index contributed by atoms with van der Waals surface area (Å²) in [6.45, 7) is 1.68. The lowest BCUT2D eigenvalue weighted by molar-refractivity contribution is 0.565. The van der Waals surface area contributed by atoms with Crippen molar-refractivity contribution in [2.75, 3.05) is 0 Å². The molecule has 2 nitrogen and oxygen atoms in total. The predicted molar refractivity (Wildman–Crippen MR) is 38.9 cm³/mol. The molecule has 56 valence electrons. The van der Waals surface area contributed by atoms with Crippen LogP contribution in [0.25, 0.3) is 0 Å². The number of halogens is 1. The Kier molecular flexibility index (Phi) is 2.14. The van der Waals surface area contributed by atoms with Crippen molar-refractivity contribution in [1.82, 2.24) is 0 Å². The van der Waals surface area contributed by atoms with Gasteiger partial charge in [-0.1, -0.05) is 0 Å². The van der Waals surface area contributed by atoms with Crippen molar-refractivity contribution >= 4 is 11.8 Å². The summed E-state index contributed by atoms with van der Waals surface area (Å²) in [6.07, 6.45) is 1.40. The van der Waals surface area contributed by atoms with Crippen molar-refractivity contribution in [3.63, 3.8) is 0 Å². The molecular formula is C8H6FNO. The van der Waals surface area contributed by atoms with Gasteiger partial charge in [-0.3, -0.25) is 0 Å². The van der Waals surface area contributed by atoms with Gasteiger partial charge in [0.1, 0.15) is 5.82 Å². The number of aryl methyl sites for hydroxylation is 1. The summed E-state index contributed by atoms with van der Waals surface area (Å²) in [5.41, 5.74) is 1.09. The third-order valence-electron chi connectivity index (χ3n) is 1.32. The summed E-state index contributed by atoms with van der Waals surface area (Å²) in [5, 5.41) is 0. The third-order valence-corrected chi connectivity index (χ3v) is 1.32. The van der Waals surface area contributed by atoms with E-state index in [4.69, 9.17) is 0 Å². The molecule has 0 fully saturated rings. The first-order valence-corrected chi connectivity index (χ1v) is 3.08. The second-order valence-electron chi connectivity index (χ2n) is 2.13. The smallest absolute Gasteiger partial charge is 0.211 e. The summed E-state index contributed by atoms with van der Waals surface area (Å²) in [4.78, 5) is 13.2. The minimum absolute atomic E-state index is 0.327. The first-order chi connectivity index (χ1) is 5.24. The van der Waals surface area contributed by atoms with Crippen LogP contribution >= 0.6 is 0 Å². The minimum Gasteiger partial charge on any atom is -0.211 e. The molecule has 0 aromatic heterocycles. The average molecular weight is 151 g/mol. The van der Waals surface area contributed by atoms with Gasteiger partial charge in [0.05, 0.1) is 5.69 Å². The molecule has 0 saturated carbocycles. The summed E-state index contributed by atoms with van der Waals surface area (Å²) >= 11 is 0. The van der Waals surface area contributed by atoms with Crippen molar-refractivity contribution in [1.29, 1.82) is 0 Å². The predicted octanol–water partition coefficient (Wildman–Crippen LogP) is 2.10. The van der Waals surface area contributed by atoms with Crippen molar-refractivity contribution in [3.8, 4) is 0 Å². The average Bonchev–Trinajstić information content (AvgIpc) is 1.95. The van der Waals surface area contributed by atoms with E-state index >= 15 is 0 Å². The van der Waals surface area contributed by atoms with Crippen LogP contribution < -0.4 is 0 Å². The number of nitrogens with zero attached hydrogens (tertiary/aromatic N) is 1. The molecule has 0 aliphatic carbocycles. The zero-order valence-electron chi connectivity index (χ0n) is 5.97. The van der Waals surface area contributed by atoms with Crippen LogP contribution in [0.15, 0.2) is 23.2 Å². The number of rotatable bonds is 1. The fourth-order valence-corrected chi connectivity index (χ4v) is 0.793. The molecule has 0 atom stereocenters. The highest BCUT2D eigenvalue weighted by molar-refractivity contribution is 5.52. The maximum absolute atomic E-state index is 12.4. The van der Waals surface area contributed by atoms with E-state index in [2.05, 4.69) is 4.99 Å². The highest BCUT2D eigenvalue weighted by Gasteiger charge is 1.96. The summed E-state index contributed by atoms with van der Waals surface area (Å²) in [7, 11) is 0.